The minimum absolute atomic E-state index is 0.223. The van der Waals surface area contributed by atoms with E-state index in [0.29, 0.717) is 18.9 Å². The molecule has 0 bridgehead atoms. The van der Waals surface area contributed by atoms with Crippen LogP contribution in [0.15, 0.2) is 12.4 Å². The van der Waals surface area contributed by atoms with Crippen LogP contribution >= 0.6 is 0 Å². The third kappa shape index (κ3) is 5.86. The minimum Gasteiger partial charge on any atom is -0.481 e. The van der Waals surface area contributed by atoms with Gasteiger partial charge in [-0.1, -0.05) is 13.3 Å². The van der Waals surface area contributed by atoms with Gasteiger partial charge in [0.1, 0.15) is 12.1 Å². The first-order chi connectivity index (χ1) is 9.52. The van der Waals surface area contributed by atoms with Crippen molar-refractivity contribution in [2.45, 2.75) is 46.1 Å². The molecular formula is C14H23N3O3. The Labute approximate surface area is 119 Å². The molecule has 112 valence electrons. The van der Waals surface area contributed by atoms with E-state index in [1.54, 1.807) is 13.0 Å². The van der Waals surface area contributed by atoms with Crippen molar-refractivity contribution >= 4 is 11.8 Å². The van der Waals surface area contributed by atoms with Crippen LogP contribution in [0.4, 0.5) is 5.82 Å². The third-order valence-corrected chi connectivity index (χ3v) is 3.02. The molecule has 1 aromatic rings. The van der Waals surface area contributed by atoms with Gasteiger partial charge in [0.25, 0.3) is 0 Å². The highest BCUT2D eigenvalue weighted by Gasteiger charge is 2.11. The standard InChI is InChI=1S/C14H23N3O3/c1-4-20-13-8-12(15-9-16-13)17-11(3)7-5-6-10(2)14(18)19/h8-11H,4-7H2,1-3H3,(H,18,19)(H,15,16,17). The lowest BCUT2D eigenvalue weighted by Gasteiger charge is -2.15. The van der Waals surface area contributed by atoms with Crippen LogP contribution in [0.1, 0.15) is 40.0 Å². The maximum Gasteiger partial charge on any atom is 0.306 e. The van der Waals surface area contributed by atoms with Crippen molar-refractivity contribution in [1.29, 1.82) is 0 Å². The summed E-state index contributed by atoms with van der Waals surface area (Å²) in [4.78, 5) is 18.9. The van der Waals surface area contributed by atoms with Gasteiger partial charge in [-0.3, -0.25) is 4.79 Å². The summed E-state index contributed by atoms with van der Waals surface area (Å²) in [5, 5.41) is 12.1. The van der Waals surface area contributed by atoms with Crippen LogP contribution in [0.2, 0.25) is 0 Å². The summed E-state index contributed by atoms with van der Waals surface area (Å²) in [6.07, 6.45) is 3.92. The SMILES string of the molecule is CCOc1cc(NC(C)CCCC(C)C(=O)O)ncn1. The zero-order valence-electron chi connectivity index (χ0n) is 12.3. The topological polar surface area (TPSA) is 84.3 Å². The first-order valence-corrected chi connectivity index (χ1v) is 6.97. The third-order valence-electron chi connectivity index (χ3n) is 3.02. The number of hydrogen-bond donors (Lipinski definition) is 2. The average Bonchev–Trinajstić information content (AvgIpc) is 2.39. The van der Waals surface area contributed by atoms with E-state index in [2.05, 4.69) is 15.3 Å². The van der Waals surface area contributed by atoms with Gasteiger partial charge in [0.05, 0.1) is 12.5 Å². The molecule has 2 unspecified atom stereocenters. The molecule has 6 heteroatoms. The summed E-state index contributed by atoms with van der Waals surface area (Å²) in [6.45, 7) is 6.26. The lowest BCUT2D eigenvalue weighted by molar-refractivity contribution is -0.141. The van der Waals surface area contributed by atoms with Crippen molar-refractivity contribution in [2.24, 2.45) is 5.92 Å². The fourth-order valence-corrected chi connectivity index (χ4v) is 1.82. The largest absolute Gasteiger partial charge is 0.481 e. The molecule has 0 saturated carbocycles. The summed E-state index contributed by atoms with van der Waals surface area (Å²) in [5.74, 6) is 0.257. The van der Waals surface area contributed by atoms with Crippen LogP contribution < -0.4 is 10.1 Å². The van der Waals surface area contributed by atoms with Crippen LogP contribution in [-0.4, -0.2) is 33.7 Å². The van der Waals surface area contributed by atoms with Crippen molar-refractivity contribution in [3.63, 3.8) is 0 Å². The summed E-state index contributed by atoms with van der Waals surface area (Å²) in [6, 6.07) is 1.99. The Hall–Kier alpha value is -1.85. The van der Waals surface area contributed by atoms with Crippen molar-refractivity contribution in [1.82, 2.24) is 9.97 Å². The Morgan fingerprint density at radius 2 is 2.15 bits per heavy atom. The van der Waals surface area contributed by atoms with Crippen molar-refractivity contribution in [3.05, 3.63) is 12.4 Å². The molecule has 0 radical (unpaired) electrons. The molecule has 0 spiro atoms. The first-order valence-electron chi connectivity index (χ1n) is 6.97. The Morgan fingerprint density at radius 3 is 2.80 bits per heavy atom. The van der Waals surface area contributed by atoms with Gasteiger partial charge in [-0.25, -0.2) is 9.97 Å². The summed E-state index contributed by atoms with van der Waals surface area (Å²) in [7, 11) is 0. The zero-order chi connectivity index (χ0) is 15.0. The zero-order valence-corrected chi connectivity index (χ0v) is 12.3. The fraction of sp³-hybridized carbons (Fsp3) is 0.643. The molecule has 0 amide bonds. The van der Waals surface area contributed by atoms with Gasteiger partial charge >= 0.3 is 5.97 Å². The number of aromatic nitrogens is 2. The van der Waals surface area contributed by atoms with Crippen molar-refractivity contribution in [2.75, 3.05) is 11.9 Å². The molecule has 0 fully saturated rings. The summed E-state index contributed by atoms with van der Waals surface area (Å²) in [5.41, 5.74) is 0. The second-order valence-corrected chi connectivity index (χ2v) is 4.89. The molecule has 0 aliphatic rings. The maximum absolute atomic E-state index is 10.7. The van der Waals surface area contributed by atoms with E-state index in [1.165, 1.54) is 6.33 Å². The number of hydrogen-bond acceptors (Lipinski definition) is 5. The highest BCUT2D eigenvalue weighted by molar-refractivity contribution is 5.69. The molecule has 0 saturated heterocycles. The second-order valence-electron chi connectivity index (χ2n) is 4.89. The van der Waals surface area contributed by atoms with Crippen LogP contribution in [0.3, 0.4) is 0 Å². The quantitative estimate of drug-likeness (QED) is 0.723. The molecule has 0 aliphatic carbocycles. The van der Waals surface area contributed by atoms with Gasteiger partial charge in [0.15, 0.2) is 0 Å². The first kappa shape index (κ1) is 16.2. The summed E-state index contributed by atoms with van der Waals surface area (Å²) < 4.78 is 5.31. The average molecular weight is 281 g/mol. The number of anilines is 1. The Bertz CT molecular complexity index is 426. The molecule has 0 aliphatic heterocycles. The number of nitrogens with one attached hydrogen (secondary N) is 1. The molecule has 20 heavy (non-hydrogen) atoms. The van der Waals surface area contributed by atoms with E-state index in [4.69, 9.17) is 9.84 Å². The van der Waals surface area contributed by atoms with Gasteiger partial charge in [-0.05, 0) is 26.7 Å². The van der Waals surface area contributed by atoms with Crippen LogP contribution in [0.5, 0.6) is 5.88 Å². The molecule has 0 aromatic carbocycles. The summed E-state index contributed by atoms with van der Waals surface area (Å²) >= 11 is 0. The van der Waals surface area contributed by atoms with E-state index >= 15 is 0 Å². The predicted octanol–water partition coefficient (Wildman–Crippen LogP) is 2.57. The Morgan fingerprint density at radius 1 is 1.40 bits per heavy atom. The highest BCUT2D eigenvalue weighted by Crippen LogP contribution is 2.15. The molecule has 2 N–H and O–H groups in total. The van der Waals surface area contributed by atoms with E-state index in [1.807, 2.05) is 13.8 Å². The monoisotopic (exact) mass is 281 g/mol. The second kappa shape index (κ2) is 8.35. The maximum atomic E-state index is 10.7. The Kier molecular flexibility index (Phi) is 6.76. The fourth-order valence-electron chi connectivity index (χ4n) is 1.82. The van der Waals surface area contributed by atoms with Crippen LogP contribution in [0, 0.1) is 5.92 Å². The Balaban J connectivity index is 2.36. The van der Waals surface area contributed by atoms with Crippen molar-refractivity contribution < 1.29 is 14.6 Å². The van der Waals surface area contributed by atoms with Crippen LogP contribution in [-0.2, 0) is 4.79 Å². The number of rotatable bonds is 9. The van der Waals surface area contributed by atoms with E-state index in [-0.39, 0.29) is 12.0 Å². The number of carboxylic acids is 1. The molecule has 6 nitrogen and oxygen atoms in total. The molecule has 1 heterocycles. The van der Waals surface area contributed by atoms with Crippen LogP contribution in [0.25, 0.3) is 0 Å². The number of carboxylic acid groups (broad SMARTS) is 1. The van der Waals surface area contributed by atoms with Crippen molar-refractivity contribution in [3.8, 4) is 5.88 Å². The number of nitrogens with zero attached hydrogens (tertiary/aromatic N) is 2. The van der Waals surface area contributed by atoms with E-state index < -0.39 is 5.97 Å². The normalized spacial score (nSPS) is 13.6. The highest BCUT2D eigenvalue weighted by atomic mass is 16.5. The lowest BCUT2D eigenvalue weighted by atomic mass is 10.0. The van der Waals surface area contributed by atoms with Gasteiger partial charge in [0.2, 0.25) is 5.88 Å². The molecule has 1 aromatic heterocycles. The lowest BCUT2D eigenvalue weighted by Crippen LogP contribution is -2.17. The number of aliphatic carboxylic acids is 1. The van der Waals surface area contributed by atoms with Gasteiger partial charge in [0, 0.05) is 12.1 Å². The molecule has 2 atom stereocenters. The smallest absolute Gasteiger partial charge is 0.306 e. The van der Waals surface area contributed by atoms with Gasteiger partial charge < -0.3 is 15.2 Å². The minimum atomic E-state index is -0.734. The molecule has 1 rings (SSSR count). The van der Waals surface area contributed by atoms with Gasteiger partial charge in [-0.15, -0.1) is 0 Å². The van der Waals surface area contributed by atoms with E-state index in [0.717, 1.165) is 18.7 Å². The predicted molar refractivity (Wildman–Crippen MR) is 76.9 cm³/mol. The van der Waals surface area contributed by atoms with Gasteiger partial charge in [-0.2, -0.15) is 0 Å². The van der Waals surface area contributed by atoms with E-state index in [9.17, 15) is 4.79 Å². The number of ether oxygens (including phenoxy) is 1. The molecular weight excluding hydrogens is 258 g/mol. The number of carbonyl (C=O) groups is 1.